The first kappa shape index (κ1) is 15.3. The topological polar surface area (TPSA) is 35.2 Å². The molecule has 2 atom stereocenters. The number of aryl methyl sites for hydroxylation is 1. The molecule has 0 fully saturated rings. The largest absolute Gasteiger partial charge is 0.496 e. The van der Waals surface area contributed by atoms with E-state index in [0.717, 1.165) is 35.6 Å². The van der Waals surface area contributed by atoms with Crippen LogP contribution in [0.1, 0.15) is 50.2 Å². The van der Waals surface area contributed by atoms with E-state index in [0.29, 0.717) is 5.92 Å². The van der Waals surface area contributed by atoms with Crippen LogP contribution in [0.15, 0.2) is 12.1 Å². The van der Waals surface area contributed by atoms with Crippen molar-refractivity contribution in [2.45, 2.75) is 52.0 Å². The molecule has 0 aliphatic rings. The summed E-state index contributed by atoms with van der Waals surface area (Å²) in [5.74, 6) is 1.40. The number of methoxy groups -OCH3 is 1. The summed E-state index contributed by atoms with van der Waals surface area (Å²) in [6.07, 6.45) is 3.17. The lowest BCUT2D eigenvalue weighted by Gasteiger charge is -2.20. The van der Waals surface area contributed by atoms with Crippen LogP contribution in [-0.4, -0.2) is 13.2 Å². The fourth-order valence-electron chi connectivity index (χ4n) is 2.21. The van der Waals surface area contributed by atoms with Crippen molar-refractivity contribution >= 4 is 11.6 Å². The van der Waals surface area contributed by atoms with Crippen molar-refractivity contribution in [2.75, 3.05) is 7.11 Å². The lowest BCUT2D eigenvalue weighted by atomic mass is 9.89. The highest BCUT2D eigenvalue weighted by atomic mass is 35.5. The van der Waals surface area contributed by atoms with Gasteiger partial charge in [-0.1, -0.05) is 18.5 Å². The lowest BCUT2D eigenvalue weighted by molar-refractivity contribution is 0.400. The van der Waals surface area contributed by atoms with Crippen LogP contribution in [0.2, 0.25) is 5.02 Å². The summed E-state index contributed by atoms with van der Waals surface area (Å²) in [6, 6.07) is 4.31. The summed E-state index contributed by atoms with van der Waals surface area (Å²) in [5.41, 5.74) is 8.10. The van der Waals surface area contributed by atoms with Crippen molar-refractivity contribution in [1.82, 2.24) is 0 Å². The Labute approximate surface area is 115 Å². The predicted octanol–water partition coefficient (Wildman–Crippen LogP) is 4.28. The minimum atomic E-state index is 0.242. The number of hydrogen-bond acceptors (Lipinski definition) is 2. The number of halogens is 1. The zero-order valence-electron chi connectivity index (χ0n) is 11.8. The smallest absolute Gasteiger partial charge is 0.122 e. The zero-order chi connectivity index (χ0) is 13.7. The fraction of sp³-hybridized carbons (Fsp3) is 0.600. The highest BCUT2D eigenvalue weighted by Crippen LogP contribution is 2.36. The summed E-state index contributed by atoms with van der Waals surface area (Å²) >= 11 is 6.23. The molecule has 1 rings (SSSR count). The highest BCUT2D eigenvalue weighted by molar-refractivity contribution is 6.31. The Kier molecular flexibility index (Phi) is 5.97. The van der Waals surface area contributed by atoms with E-state index >= 15 is 0 Å². The fourth-order valence-corrected chi connectivity index (χ4v) is 2.38. The highest BCUT2D eigenvalue weighted by Gasteiger charge is 2.16. The Hall–Kier alpha value is -0.730. The van der Waals surface area contributed by atoms with Gasteiger partial charge in [0.2, 0.25) is 0 Å². The number of hydrogen-bond donors (Lipinski definition) is 1. The molecule has 0 spiro atoms. The molecule has 2 N–H and O–H groups in total. The van der Waals surface area contributed by atoms with E-state index in [9.17, 15) is 0 Å². The van der Waals surface area contributed by atoms with Gasteiger partial charge in [0.25, 0.3) is 0 Å². The summed E-state index contributed by atoms with van der Waals surface area (Å²) < 4.78 is 5.48. The molecule has 2 nitrogen and oxygen atoms in total. The third-order valence-corrected chi connectivity index (χ3v) is 3.82. The summed E-state index contributed by atoms with van der Waals surface area (Å²) in [4.78, 5) is 0. The van der Waals surface area contributed by atoms with Crippen LogP contribution in [0.25, 0.3) is 0 Å². The van der Waals surface area contributed by atoms with Gasteiger partial charge in [-0.05, 0) is 62.3 Å². The van der Waals surface area contributed by atoms with Gasteiger partial charge in [0, 0.05) is 11.1 Å². The second-order valence-corrected chi connectivity index (χ2v) is 5.41. The van der Waals surface area contributed by atoms with Crippen molar-refractivity contribution in [3.63, 3.8) is 0 Å². The molecule has 1 aromatic rings. The normalized spacial score (nSPS) is 14.3. The van der Waals surface area contributed by atoms with E-state index in [1.165, 1.54) is 5.56 Å². The summed E-state index contributed by atoms with van der Waals surface area (Å²) in [7, 11) is 1.71. The number of rotatable bonds is 6. The first-order valence-electron chi connectivity index (χ1n) is 6.59. The molecule has 3 heteroatoms. The van der Waals surface area contributed by atoms with Gasteiger partial charge in [-0.2, -0.15) is 0 Å². The van der Waals surface area contributed by atoms with Crippen LogP contribution in [0.4, 0.5) is 0 Å². The van der Waals surface area contributed by atoms with E-state index in [1.807, 2.05) is 26.0 Å². The maximum Gasteiger partial charge on any atom is 0.122 e. The Balaban J connectivity index is 3.00. The second kappa shape index (κ2) is 7.01. The molecule has 0 aromatic heterocycles. The zero-order valence-corrected chi connectivity index (χ0v) is 12.6. The Morgan fingerprint density at radius 2 is 2.00 bits per heavy atom. The number of benzene rings is 1. The molecule has 102 valence electrons. The second-order valence-electron chi connectivity index (χ2n) is 5.00. The molecule has 0 saturated heterocycles. The van der Waals surface area contributed by atoms with E-state index in [2.05, 4.69) is 6.92 Å². The predicted molar refractivity (Wildman–Crippen MR) is 78.7 cm³/mol. The maximum absolute atomic E-state index is 6.23. The van der Waals surface area contributed by atoms with Gasteiger partial charge in [-0.15, -0.1) is 0 Å². The third-order valence-electron chi connectivity index (χ3n) is 3.41. The Morgan fingerprint density at radius 1 is 1.33 bits per heavy atom. The van der Waals surface area contributed by atoms with Gasteiger partial charge < -0.3 is 10.5 Å². The molecule has 0 heterocycles. The van der Waals surface area contributed by atoms with Crippen molar-refractivity contribution < 1.29 is 4.74 Å². The molecule has 2 unspecified atom stereocenters. The third kappa shape index (κ3) is 3.89. The number of nitrogens with two attached hydrogens (primary N) is 1. The molecule has 1 aromatic carbocycles. The molecule has 0 aliphatic heterocycles. The first-order valence-corrected chi connectivity index (χ1v) is 6.97. The lowest BCUT2D eigenvalue weighted by Crippen LogP contribution is -2.16. The van der Waals surface area contributed by atoms with Crippen molar-refractivity contribution in [2.24, 2.45) is 5.73 Å². The SMILES string of the molecule is CCC(CCC(C)N)c1cc(Cl)c(C)cc1OC. The standard InChI is InChI=1S/C15H24ClNO/c1-5-12(7-6-11(3)17)13-9-14(16)10(2)8-15(13)18-4/h8-9,11-12H,5-7,17H2,1-4H3. The summed E-state index contributed by atoms with van der Waals surface area (Å²) in [5, 5.41) is 0.810. The van der Waals surface area contributed by atoms with Gasteiger partial charge in [0.05, 0.1) is 7.11 Å². The average Bonchev–Trinajstić information content (AvgIpc) is 2.33. The van der Waals surface area contributed by atoms with Gasteiger partial charge in [0.1, 0.15) is 5.75 Å². The molecule has 0 aliphatic carbocycles. The molecular weight excluding hydrogens is 246 g/mol. The van der Waals surface area contributed by atoms with Crippen LogP contribution >= 0.6 is 11.6 Å². The van der Waals surface area contributed by atoms with E-state index in [4.69, 9.17) is 22.1 Å². The minimum Gasteiger partial charge on any atom is -0.496 e. The number of ether oxygens (including phenoxy) is 1. The van der Waals surface area contributed by atoms with Crippen LogP contribution < -0.4 is 10.5 Å². The van der Waals surface area contributed by atoms with Gasteiger partial charge in [-0.3, -0.25) is 0 Å². The Bertz CT molecular complexity index is 390. The van der Waals surface area contributed by atoms with Crippen LogP contribution in [0.5, 0.6) is 5.75 Å². The average molecular weight is 270 g/mol. The summed E-state index contributed by atoms with van der Waals surface area (Å²) in [6.45, 7) is 6.24. The molecule has 18 heavy (non-hydrogen) atoms. The first-order chi connectivity index (χ1) is 8.49. The monoisotopic (exact) mass is 269 g/mol. The maximum atomic E-state index is 6.23. The van der Waals surface area contributed by atoms with E-state index < -0.39 is 0 Å². The van der Waals surface area contributed by atoms with Crippen LogP contribution in [-0.2, 0) is 0 Å². The molecule has 0 radical (unpaired) electrons. The molecule has 0 amide bonds. The van der Waals surface area contributed by atoms with Crippen molar-refractivity contribution in [1.29, 1.82) is 0 Å². The van der Waals surface area contributed by atoms with Crippen LogP contribution in [0.3, 0.4) is 0 Å². The Morgan fingerprint density at radius 3 is 2.50 bits per heavy atom. The van der Waals surface area contributed by atoms with E-state index in [-0.39, 0.29) is 6.04 Å². The van der Waals surface area contributed by atoms with Crippen molar-refractivity contribution in [3.8, 4) is 5.75 Å². The van der Waals surface area contributed by atoms with Crippen molar-refractivity contribution in [3.05, 3.63) is 28.3 Å². The van der Waals surface area contributed by atoms with Gasteiger partial charge in [0.15, 0.2) is 0 Å². The van der Waals surface area contributed by atoms with Gasteiger partial charge in [-0.25, -0.2) is 0 Å². The minimum absolute atomic E-state index is 0.242. The molecule has 0 saturated carbocycles. The molecular formula is C15H24ClNO. The van der Waals surface area contributed by atoms with E-state index in [1.54, 1.807) is 7.11 Å². The quantitative estimate of drug-likeness (QED) is 0.837. The molecule has 0 bridgehead atoms. The van der Waals surface area contributed by atoms with Crippen LogP contribution in [0, 0.1) is 6.92 Å². The van der Waals surface area contributed by atoms with Gasteiger partial charge >= 0.3 is 0 Å².